The van der Waals surface area contributed by atoms with Gasteiger partial charge in [-0.05, 0) is 37.6 Å². The van der Waals surface area contributed by atoms with Gasteiger partial charge in [-0.3, -0.25) is 0 Å². The van der Waals surface area contributed by atoms with Crippen molar-refractivity contribution in [2.24, 2.45) is 0 Å². The number of benzene rings is 1. The van der Waals surface area contributed by atoms with E-state index in [0.717, 1.165) is 29.2 Å². The van der Waals surface area contributed by atoms with Gasteiger partial charge in [0.05, 0.1) is 16.1 Å². The van der Waals surface area contributed by atoms with Crippen LogP contribution in [0.5, 0.6) is 0 Å². The van der Waals surface area contributed by atoms with E-state index < -0.39 is 10.0 Å². The van der Waals surface area contributed by atoms with Crippen molar-refractivity contribution < 1.29 is 8.42 Å². The average Bonchev–Trinajstić information content (AvgIpc) is 2.89. The van der Waals surface area contributed by atoms with Gasteiger partial charge < -0.3 is 5.32 Å². The summed E-state index contributed by atoms with van der Waals surface area (Å²) in [5, 5.41) is 3.21. The van der Waals surface area contributed by atoms with E-state index in [2.05, 4.69) is 21.9 Å². The number of nitrogens with one attached hydrogen (secondary N) is 2. The van der Waals surface area contributed by atoms with E-state index >= 15 is 0 Å². The summed E-state index contributed by atoms with van der Waals surface area (Å²) >= 11 is 1.45. The molecule has 0 spiro atoms. The third-order valence-electron chi connectivity index (χ3n) is 3.01. The van der Waals surface area contributed by atoms with Crippen molar-refractivity contribution in [2.75, 3.05) is 11.9 Å². The number of hydrogen-bond donors (Lipinski definition) is 2. The van der Waals surface area contributed by atoms with Crippen molar-refractivity contribution in [3.63, 3.8) is 0 Å². The monoisotopic (exact) mass is 325 g/mol. The Morgan fingerprint density at radius 2 is 1.95 bits per heavy atom. The smallest absolute Gasteiger partial charge is 0.240 e. The summed E-state index contributed by atoms with van der Waals surface area (Å²) in [5.41, 5.74) is 3.50. The number of nitrogens with zero attached hydrogens (tertiary/aromatic N) is 1. The van der Waals surface area contributed by atoms with Crippen LogP contribution in [0.2, 0.25) is 0 Å². The maximum atomic E-state index is 12.2. The fraction of sp³-hybridized carbons (Fsp3) is 0.357. The highest BCUT2D eigenvalue weighted by Gasteiger charge is 2.14. The summed E-state index contributed by atoms with van der Waals surface area (Å²) in [4.78, 5) is 5.31. The third-order valence-corrected chi connectivity index (χ3v) is 5.36. The van der Waals surface area contributed by atoms with Gasteiger partial charge in [0.15, 0.2) is 0 Å². The van der Waals surface area contributed by atoms with Crippen molar-refractivity contribution in [3.05, 3.63) is 40.3 Å². The Bertz CT molecular complexity index is 678. The first-order valence-electron chi connectivity index (χ1n) is 6.75. The molecule has 0 aliphatic rings. The van der Waals surface area contributed by atoms with Gasteiger partial charge in [-0.2, -0.15) is 0 Å². The van der Waals surface area contributed by atoms with Gasteiger partial charge in [-0.25, -0.2) is 18.1 Å². The van der Waals surface area contributed by atoms with Gasteiger partial charge in [-0.15, -0.1) is 11.3 Å². The molecule has 0 bridgehead atoms. The Hall–Kier alpha value is -1.44. The molecule has 0 saturated heterocycles. The number of rotatable bonds is 7. The minimum absolute atomic E-state index is 0.270. The summed E-state index contributed by atoms with van der Waals surface area (Å²) in [6.45, 7) is 5.09. The number of thiazole rings is 1. The normalized spacial score (nSPS) is 11.5. The average molecular weight is 325 g/mol. The molecule has 5 nitrogen and oxygen atoms in total. The lowest BCUT2D eigenvalue weighted by Crippen LogP contribution is -2.23. The lowest BCUT2D eigenvalue weighted by Gasteiger charge is -2.08. The summed E-state index contributed by atoms with van der Waals surface area (Å²) in [6.07, 6.45) is 1.02. The van der Waals surface area contributed by atoms with E-state index in [1.54, 1.807) is 29.8 Å². The van der Waals surface area contributed by atoms with E-state index in [9.17, 15) is 8.42 Å². The zero-order chi connectivity index (χ0) is 15.3. The first kappa shape index (κ1) is 15.9. The van der Waals surface area contributed by atoms with Crippen LogP contribution in [0.25, 0.3) is 0 Å². The van der Waals surface area contributed by atoms with Gasteiger partial charge in [-0.1, -0.05) is 6.92 Å². The van der Waals surface area contributed by atoms with Crippen molar-refractivity contribution in [1.82, 2.24) is 9.71 Å². The molecule has 0 fully saturated rings. The summed E-state index contributed by atoms with van der Waals surface area (Å²) < 4.78 is 27.0. The summed E-state index contributed by atoms with van der Waals surface area (Å²) in [7, 11) is -3.49. The number of aryl methyl sites for hydroxylation is 1. The fourth-order valence-electron chi connectivity index (χ4n) is 1.76. The lowest BCUT2D eigenvalue weighted by atomic mass is 10.3. The zero-order valence-corrected chi connectivity index (χ0v) is 13.7. The van der Waals surface area contributed by atoms with Crippen LogP contribution in [0.3, 0.4) is 0 Å². The number of aromatic nitrogens is 1. The fourth-order valence-corrected chi connectivity index (χ4v) is 3.56. The molecule has 0 aliphatic carbocycles. The molecule has 0 saturated carbocycles. The predicted molar refractivity (Wildman–Crippen MR) is 86.1 cm³/mol. The van der Waals surface area contributed by atoms with Crippen LogP contribution in [-0.4, -0.2) is 19.9 Å². The van der Waals surface area contributed by atoms with Gasteiger partial charge in [0, 0.05) is 23.7 Å². The SMILES string of the molecule is CCCNc1ccc(S(=O)(=O)NCc2scnc2C)cc1. The summed E-state index contributed by atoms with van der Waals surface area (Å²) in [6, 6.07) is 6.78. The maximum Gasteiger partial charge on any atom is 0.240 e. The van der Waals surface area contributed by atoms with Crippen LogP contribution in [0, 0.1) is 6.92 Å². The quantitative estimate of drug-likeness (QED) is 0.821. The third kappa shape index (κ3) is 4.26. The second-order valence-corrected chi connectivity index (χ2v) is 7.34. The highest BCUT2D eigenvalue weighted by atomic mass is 32.2. The molecule has 2 N–H and O–H groups in total. The van der Waals surface area contributed by atoms with Crippen molar-refractivity contribution in [2.45, 2.75) is 31.7 Å². The molecule has 0 atom stereocenters. The number of anilines is 1. The molecule has 21 heavy (non-hydrogen) atoms. The molecule has 1 aromatic carbocycles. The number of hydrogen-bond acceptors (Lipinski definition) is 5. The van der Waals surface area contributed by atoms with E-state index in [4.69, 9.17) is 0 Å². The Kier molecular flexibility index (Phi) is 5.33. The first-order chi connectivity index (χ1) is 10.0. The van der Waals surface area contributed by atoms with Crippen LogP contribution in [0.4, 0.5) is 5.69 Å². The van der Waals surface area contributed by atoms with Gasteiger partial charge in [0.2, 0.25) is 10.0 Å². The van der Waals surface area contributed by atoms with E-state index in [0.29, 0.717) is 0 Å². The van der Waals surface area contributed by atoms with Crippen LogP contribution in [-0.2, 0) is 16.6 Å². The molecule has 2 aromatic rings. The molecule has 1 heterocycles. The molecule has 114 valence electrons. The Morgan fingerprint density at radius 1 is 1.24 bits per heavy atom. The topological polar surface area (TPSA) is 71.1 Å². The molecule has 2 rings (SSSR count). The molecule has 1 aromatic heterocycles. The van der Waals surface area contributed by atoms with Crippen LogP contribution in [0.15, 0.2) is 34.7 Å². The van der Waals surface area contributed by atoms with Gasteiger partial charge in [0.1, 0.15) is 0 Å². The standard InChI is InChI=1S/C14H19N3O2S2/c1-3-8-15-12-4-6-13(7-5-12)21(18,19)17-9-14-11(2)16-10-20-14/h4-7,10,15,17H,3,8-9H2,1-2H3. The molecular weight excluding hydrogens is 306 g/mol. The zero-order valence-electron chi connectivity index (χ0n) is 12.1. The molecular formula is C14H19N3O2S2. The molecule has 0 amide bonds. The van der Waals surface area contributed by atoms with Crippen LogP contribution >= 0.6 is 11.3 Å². The minimum Gasteiger partial charge on any atom is -0.385 e. The number of sulfonamides is 1. The Balaban J connectivity index is 2.03. The van der Waals surface area contributed by atoms with E-state index in [1.165, 1.54) is 11.3 Å². The van der Waals surface area contributed by atoms with E-state index in [1.807, 2.05) is 6.92 Å². The van der Waals surface area contributed by atoms with Gasteiger partial charge >= 0.3 is 0 Å². The predicted octanol–water partition coefficient (Wildman–Crippen LogP) is 2.75. The highest BCUT2D eigenvalue weighted by molar-refractivity contribution is 7.89. The van der Waals surface area contributed by atoms with Crippen molar-refractivity contribution in [3.8, 4) is 0 Å². The second kappa shape index (κ2) is 7.02. The van der Waals surface area contributed by atoms with Crippen molar-refractivity contribution in [1.29, 1.82) is 0 Å². The minimum atomic E-state index is -3.49. The Labute approximate surface area is 129 Å². The van der Waals surface area contributed by atoms with Gasteiger partial charge in [0.25, 0.3) is 0 Å². The van der Waals surface area contributed by atoms with Crippen LogP contribution in [0.1, 0.15) is 23.9 Å². The van der Waals surface area contributed by atoms with Crippen LogP contribution < -0.4 is 10.0 Å². The maximum absolute atomic E-state index is 12.2. The summed E-state index contributed by atoms with van der Waals surface area (Å²) in [5.74, 6) is 0. The van der Waals surface area contributed by atoms with Crippen molar-refractivity contribution >= 4 is 27.0 Å². The molecule has 7 heteroatoms. The lowest BCUT2D eigenvalue weighted by molar-refractivity contribution is 0.581. The highest BCUT2D eigenvalue weighted by Crippen LogP contribution is 2.16. The largest absolute Gasteiger partial charge is 0.385 e. The van der Waals surface area contributed by atoms with E-state index in [-0.39, 0.29) is 11.4 Å². The Morgan fingerprint density at radius 3 is 2.52 bits per heavy atom. The molecule has 0 radical (unpaired) electrons. The second-order valence-electron chi connectivity index (χ2n) is 4.64. The molecule has 0 unspecified atom stereocenters. The molecule has 0 aliphatic heterocycles. The first-order valence-corrected chi connectivity index (χ1v) is 9.12.